The van der Waals surface area contributed by atoms with Gasteiger partial charge in [-0.3, -0.25) is 4.79 Å². The number of Topliss-reactive ketones (excluding diaryl/α,β-unsaturated/α-hetero) is 1. The van der Waals surface area contributed by atoms with E-state index in [2.05, 4.69) is 9.99 Å². The molecule has 0 aromatic rings. The fraction of sp³-hybridized carbons (Fsp3) is 0.400. The fourth-order valence-electron chi connectivity index (χ4n) is 0.175. The van der Waals surface area contributed by atoms with Gasteiger partial charge >= 0.3 is 5.97 Å². The third kappa shape index (κ3) is 6.81. The van der Waals surface area contributed by atoms with E-state index in [1.54, 1.807) is 0 Å². The van der Waals surface area contributed by atoms with Gasteiger partial charge in [0.15, 0.2) is 5.78 Å². The lowest BCUT2D eigenvalue weighted by Crippen LogP contribution is -1.95. The first-order valence-corrected chi connectivity index (χ1v) is 2.34. The van der Waals surface area contributed by atoms with Crippen molar-refractivity contribution in [3.8, 4) is 0 Å². The smallest absolute Gasteiger partial charge is 0.319 e. The average Bonchev–Trinajstić information content (AvgIpc) is 1.63. The minimum absolute atomic E-state index is 0.253. The number of hydrogen-bond acceptors (Lipinski definition) is 4. The number of rotatable bonds is 2. The molecular weight excluding hydrogens is 122 g/mol. The van der Waals surface area contributed by atoms with Crippen molar-refractivity contribution in [1.29, 1.82) is 0 Å². The van der Waals surface area contributed by atoms with Gasteiger partial charge in [0.2, 0.25) is 0 Å². The Bertz CT molecular complexity index is 150. The van der Waals surface area contributed by atoms with Crippen LogP contribution in [-0.2, 0) is 14.4 Å². The molecule has 0 aliphatic carbocycles. The monoisotopic (exact) mass is 129 g/mol. The third-order valence-electron chi connectivity index (χ3n) is 0.416. The van der Waals surface area contributed by atoms with Gasteiger partial charge in [0.25, 0.3) is 0 Å². The van der Waals surface area contributed by atoms with Crippen LogP contribution in [0.5, 0.6) is 0 Å². The summed E-state index contributed by atoms with van der Waals surface area (Å²) in [7, 11) is 0. The van der Waals surface area contributed by atoms with Gasteiger partial charge in [0.05, 0.1) is 0 Å². The third-order valence-corrected chi connectivity index (χ3v) is 0.416. The molecule has 0 aromatic carbocycles. The molecule has 0 atom stereocenters. The van der Waals surface area contributed by atoms with Crippen LogP contribution in [-0.4, -0.2) is 18.0 Å². The highest BCUT2D eigenvalue weighted by atomic mass is 16.7. The van der Waals surface area contributed by atoms with Crippen LogP contribution in [0, 0.1) is 0 Å². The maximum atomic E-state index is 10.1. The summed E-state index contributed by atoms with van der Waals surface area (Å²) in [4.78, 5) is 24.1. The highest BCUT2D eigenvalue weighted by molar-refractivity contribution is 6.26. The molecule has 0 amide bonds. The van der Waals surface area contributed by atoms with E-state index in [-0.39, 0.29) is 5.78 Å². The first-order valence-electron chi connectivity index (χ1n) is 2.34. The maximum absolute atomic E-state index is 10.1. The Morgan fingerprint density at radius 2 is 2.00 bits per heavy atom. The van der Waals surface area contributed by atoms with Gasteiger partial charge < -0.3 is 4.84 Å². The molecule has 0 aromatic heterocycles. The summed E-state index contributed by atoms with van der Waals surface area (Å²) in [6.45, 7) is 2.52. The lowest BCUT2D eigenvalue weighted by molar-refractivity contribution is -0.140. The topological polar surface area (TPSA) is 55.7 Å². The molecule has 0 heterocycles. The highest BCUT2D eigenvalue weighted by Crippen LogP contribution is 1.74. The van der Waals surface area contributed by atoms with Crippen LogP contribution in [0.15, 0.2) is 5.16 Å². The Balaban J connectivity index is 3.48. The van der Waals surface area contributed by atoms with E-state index >= 15 is 0 Å². The Morgan fingerprint density at radius 1 is 1.44 bits per heavy atom. The molecule has 50 valence electrons. The minimum Gasteiger partial charge on any atom is -0.319 e. The SMILES string of the molecule is CC(=O)C=NOC(C)=O. The van der Waals surface area contributed by atoms with E-state index in [4.69, 9.17) is 0 Å². The van der Waals surface area contributed by atoms with Crippen LogP contribution in [0.2, 0.25) is 0 Å². The van der Waals surface area contributed by atoms with E-state index in [0.717, 1.165) is 6.21 Å². The number of oxime groups is 1. The molecule has 0 aliphatic rings. The van der Waals surface area contributed by atoms with Gasteiger partial charge in [-0.25, -0.2) is 4.79 Å². The van der Waals surface area contributed by atoms with E-state index in [9.17, 15) is 9.59 Å². The predicted octanol–water partition coefficient (Wildman–Crippen LogP) is 0.124. The van der Waals surface area contributed by atoms with Crippen molar-refractivity contribution in [2.45, 2.75) is 13.8 Å². The number of carbonyl (C=O) groups excluding carboxylic acids is 2. The Labute approximate surface area is 52.5 Å². The molecule has 0 aliphatic heterocycles. The lowest BCUT2D eigenvalue weighted by Gasteiger charge is -1.84. The van der Waals surface area contributed by atoms with Crippen molar-refractivity contribution < 1.29 is 14.4 Å². The normalized spacial score (nSPS) is 9.56. The second kappa shape index (κ2) is 3.77. The zero-order chi connectivity index (χ0) is 7.28. The summed E-state index contributed by atoms with van der Waals surface area (Å²) < 4.78 is 0. The molecule has 0 bridgehead atoms. The van der Waals surface area contributed by atoms with Crippen molar-refractivity contribution in [2.75, 3.05) is 0 Å². The second-order valence-electron chi connectivity index (χ2n) is 1.43. The quantitative estimate of drug-likeness (QED) is 0.302. The molecular formula is C5H7NO3. The summed E-state index contributed by atoms with van der Waals surface area (Å²) in [6.07, 6.45) is 0.932. The van der Waals surface area contributed by atoms with E-state index < -0.39 is 5.97 Å². The fourth-order valence-corrected chi connectivity index (χ4v) is 0.175. The van der Waals surface area contributed by atoms with Crippen LogP contribution < -0.4 is 0 Å². The van der Waals surface area contributed by atoms with Crippen molar-refractivity contribution in [2.24, 2.45) is 5.16 Å². The zero-order valence-corrected chi connectivity index (χ0v) is 5.25. The molecule has 0 unspecified atom stereocenters. The van der Waals surface area contributed by atoms with E-state index in [0.29, 0.717) is 0 Å². The summed E-state index contributed by atoms with van der Waals surface area (Å²) >= 11 is 0. The highest BCUT2D eigenvalue weighted by Gasteiger charge is 1.87. The van der Waals surface area contributed by atoms with Crippen molar-refractivity contribution >= 4 is 18.0 Å². The number of nitrogens with zero attached hydrogens (tertiary/aromatic N) is 1. The largest absolute Gasteiger partial charge is 0.331 e. The van der Waals surface area contributed by atoms with Crippen molar-refractivity contribution in [3.05, 3.63) is 0 Å². The van der Waals surface area contributed by atoms with Crippen molar-refractivity contribution in [3.63, 3.8) is 0 Å². The summed E-state index contributed by atoms with van der Waals surface area (Å²) in [6, 6.07) is 0. The van der Waals surface area contributed by atoms with Gasteiger partial charge in [0.1, 0.15) is 6.21 Å². The van der Waals surface area contributed by atoms with Crippen molar-refractivity contribution in [1.82, 2.24) is 0 Å². The molecule has 0 rings (SSSR count). The average molecular weight is 129 g/mol. The van der Waals surface area contributed by atoms with Crippen LogP contribution in [0.1, 0.15) is 13.8 Å². The summed E-state index contributed by atoms with van der Waals surface area (Å²) in [5.74, 6) is -0.788. The predicted molar refractivity (Wildman–Crippen MR) is 30.9 cm³/mol. The Kier molecular flexibility index (Phi) is 3.27. The van der Waals surface area contributed by atoms with Crippen LogP contribution in [0.4, 0.5) is 0 Å². The number of ketones is 1. The molecule has 0 saturated heterocycles. The molecule has 0 saturated carbocycles. The number of carbonyl (C=O) groups is 2. The molecule has 0 radical (unpaired) electrons. The van der Waals surface area contributed by atoms with Gasteiger partial charge in [-0.05, 0) is 0 Å². The van der Waals surface area contributed by atoms with Crippen LogP contribution in [0.25, 0.3) is 0 Å². The Morgan fingerprint density at radius 3 is 2.33 bits per heavy atom. The van der Waals surface area contributed by atoms with Gasteiger partial charge in [0, 0.05) is 13.8 Å². The minimum atomic E-state index is -0.535. The summed E-state index contributed by atoms with van der Waals surface area (Å²) in [5, 5.41) is 3.05. The van der Waals surface area contributed by atoms with E-state index in [1.807, 2.05) is 0 Å². The zero-order valence-electron chi connectivity index (χ0n) is 5.25. The molecule has 4 heteroatoms. The molecule has 9 heavy (non-hydrogen) atoms. The summed E-state index contributed by atoms with van der Waals surface area (Å²) in [5.41, 5.74) is 0. The first-order chi connectivity index (χ1) is 4.13. The molecule has 0 fully saturated rings. The Hall–Kier alpha value is -1.19. The van der Waals surface area contributed by atoms with Gasteiger partial charge in [-0.2, -0.15) is 0 Å². The first kappa shape index (κ1) is 7.81. The standard InChI is InChI=1S/C5H7NO3/c1-4(7)3-6-9-5(2)8/h3H,1-2H3. The maximum Gasteiger partial charge on any atom is 0.331 e. The molecule has 0 spiro atoms. The van der Waals surface area contributed by atoms with E-state index in [1.165, 1.54) is 13.8 Å². The van der Waals surface area contributed by atoms with Crippen LogP contribution in [0.3, 0.4) is 0 Å². The molecule has 0 N–H and O–H groups in total. The number of hydrogen-bond donors (Lipinski definition) is 0. The van der Waals surface area contributed by atoms with Gasteiger partial charge in [-0.15, -0.1) is 0 Å². The van der Waals surface area contributed by atoms with Gasteiger partial charge in [-0.1, -0.05) is 5.16 Å². The molecule has 4 nitrogen and oxygen atoms in total. The lowest BCUT2D eigenvalue weighted by atomic mass is 10.5. The second-order valence-corrected chi connectivity index (χ2v) is 1.43. The van der Waals surface area contributed by atoms with Crippen LogP contribution >= 0.6 is 0 Å².